The van der Waals surface area contributed by atoms with Gasteiger partial charge in [-0.05, 0) is 66.8 Å². The quantitative estimate of drug-likeness (QED) is 0.460. The Bertz CT molecular complexity index is 1220. The predicted octanol–water partition coefficient (Wildman–Crippen LogP) is 3.75. The van der Waals surface area contributed by atoms with E-state index in [1.165, 1.54) is 11.4 Å². The first-order valence-electron chi connectivity index (χ1n) is 9.95. The molecule has 0 aliphatic heterocycles. The molecular formula is C23H24N2O6S2. The van der Waals surface area contributed by atoms with Crippen molar-refractivity contribution in [2.45, 2.75) is 18.1 Å². The van der Waals surface area contributed by atoms with Crippen molar-refractivity contribution in [1.82, 2.24) is 0 Å². The number of amides is 1. The van der Waals surface area contributed by atoms with Gasteiger partial charge in [-0.2, -0.15) is 0 Å². The van der Waals surface area contributed by atoms with E-state index in [-0.39, 0.29) is 10.8 Å². The number of thiophene rings is 1. The highest BCUT2D eigenvalue weighted by atomic mass is 32.2. The van der Waals surface area contributed by atoms with Crippen molar-refractivity contribution in [1.29, 1.82) is 0 Å². The molecule has 1 amide bonds. The fourth-order valence-corrected chi connectivity index (χ4v) is 5.20. The number of aryl methyl sites for hydroxylation is 1. The summed E-state index contributed by atoms with van der Waals surface area (Å²) < 4.78 is 36.9. The van der Waals surface area contributed by atoms with E-state index >= 15 is 0 Å². The molecule has 1 aromatic heterocycles. The van der Waals surface area contributed by atoms with E-state index in [1.807, 2.05) is 26.0 Å². The summed E-state index contributed by atoms with van der Waals surface area (Å²) in [5.41, 5.74) is 3.09. The van der Waals surface area contributed by atoms with Crippen LogP contribution in [0.3, 0.4) is 0 Å². The van der Waals surface area contributed by atoms with Gasteiger partial charge in [-0.25, -0.2) is 13.2 Å². The third-order valence-electron chi connectivity index (χ3n) is 4.91. The van der Waals surface area contributed by atoms with Crippen LogP contribution < -0.4 is 14.4 Å². The van der Waals surface area contributed by atoms with Gasteiger partial charge in [0.05, 0.1) is 5.69 Å². The minimum Gasteiger partial charge on any atom is -0.482 e. The summed E-state index contributed by atoms with van der Waals surface area (Å²) in [4.78, 5) is 24.0. The second kappa shape index (κ2) is 10.5. The normalized spacial score (nSPS) is 11.0. The van der Waals surface area contributed by atoms with Crippen molar-refractivity contribution in [3.8, 4) is 5.75 Å². The number of nitrogens with one attached hydrogen (secondary N) is 1. The molecule has 0 bridgehead atoms. The molecule has 3 aromatic rings. The number of benzene rings is 2. The molecule has 10 heteroatoms. The first-order chi connectivity index (χ1) is 15.7. The Balaban J connectivity index is 1.47. The third kappa shape index (κ3) is 6.11. The molecule has 0 spiro atoms. The number of carbonyl (C=O) groups is 2. The van der Waals surface area contributed by atoms with Gasteiger partial charge in [-0.15, -0.1) is 11.3 Å². The highest BCUT2D eigenvalue weighted by Crippen LogP contribution is 2.26. The van der Waals surface area contributed by atoms with Crippen molar-refractivity contribution in [2.24, 2.45) is 0 Å². The minimum atomic E-state index is -3.63. The van der Waals surface area contributed by atoms with Crippen molar-refractivity contribution in [2.75, 3.05) is 29.9 Å². The lowest BCUT2D eigenvalue weighted by molar-refractivity contribution is -0.149. The molecular weight excluding hydrogens is 464 g/mol. The van der Waals surface area contributed by atoms with Crippen LogP contribution in [0.2, 0.25) is 0 Å². The number of ether oxygens (including phenoxy) is 2. The predicted molar refractivity (Wildman–Crippen MR) is 127 cm³/mol. The molecule has 0 aliphatic carbocycles. The second-order valence-corrected chi connectivity index (χ2v) is 10.3. The number of hydrogen-bond donors (Lipinski definition) is 1. The van der Waals surface area contributed by atoms with E-state index in [0.717, 1.165) is 22.5 Å². The van der Waals surface area contributed by atoms with Gasteiger partial charge in [0.25, 0.3) is 15.9 Å². The molecule has 1 N–H and O–H groups in total. The summed E-state index contributed by atoms with van der Waals surface area (Å²) >= 11 is 1.14. The Kier molecular flexibility index (Phi) is 7.72. The van der Waals surface area contributed by atoms with E-state index in [2.05, 4.69) is 5.32 Å². The SMILES string of the molecule is Cc1cccc(NC(=O)COC(=O)COc2ccc(N(C)S(=O)(=O)c3cccs3)cc2)c1C. The molecule has 0 fully saturated rings. The molecule has 0 aliphatic rings. The van der Waals surface area contributed by atoms with Crippen LogP contribution in [0.1, 0.15) is 11.1 Å². The molecule has 174 valence electrons. The summed E-state index contributed by atoms with van der Waals surface area (Å²) in [7, 11) is -2.17. The van der Waals surface area contributed by atoms with Gasteiger partial charge in [0.2, 0.25) is 0 Å². The van der Waals surface area contributed by atoms with Gasteiger partial charge in [0, 0.05) is 12.7 Å². The van der Waals surface area contributed by atoms with E-state index in [0.29, 0.717) is 17.1 Å². The zero-order chi connectivity index (χ0) is 24.0. The molecule has 0 saturated carbocycles. The zero-order valence-electron chi connectivity index (χ0n) is 18.4. The lowest BCUT2D eigenvalue weighted by Gasteiger charge is -2.18. The maximum Gasteiger partial charge on any atom is 0.344 e. The number of nitrogens with zero attached hydrogens (tertiary/aromatic N) is 1. The van der Waals surface area contributed by atoms with Crippen LogP contribution in [0.25, 0.3) is 0 Å². The average Bonchev–Trinajstić information content (AvgIpc) is 3.35. The fraction of sp³-hybridized carbons (Fsp3) is 0.217. The fourth-order valence-electron chi connectivity index (χ4n) is 2.84. The van der Waals surface area contributed by atoms with Crippen molar-refractivity contribution in [3.05, 3.63) is 71.1 Å². The Morgan fingerprint density at radius 2 is 1.73 bits per heavy atom. The van der Waals surface area contributed by atoms with E-state index in [9.17, 15) is 18.0 Å². The summed E-state index contributed by atoms with van der Waals surface area (Å²) in [6.45, 7) is 3.01. The Morgan fingerprint density at radius 3 is 2.39 bits per heavy atom. The number of hydrogen-bond acceptors (Lipinski definition) is 7. The minimum absolute atomic E-state index is 0.245. The van der Waals surface area contributed by atoms with Crippen LogP contribution in [0.15, 0.2) is 64.2 Å². The average molecular weight is 489 g/mol. The molecule has 1 heterocycles. The molecule has 0 unspecified atom stereocenters. The van der Waals surface area contributed by atoms with Crippen LogP contribution in [0.5, 0.6) is 5.75 Å². The number of anilines is 2. The molecule has 0 radical (unpaired) electrons. The summed E-state index contributed by atoms with van der Waals surface area (Å²) in [6.07, 6.45) is 0. The summed E-state index contributed by atoms with van der Waals surface area (Å²) in [6, 6.07) is 15.0. The molecule has 8 nitrogen and oxygen atoms in total. The highest BCUT2D eigenvalue weighted by Gasteiger charge is 2.22. The Hall–Kier alpha value is -3.37. The van der Waals surface area contributed by atoms with Crippen LogP contribution in [0.4, 0.5) is 11.4 Å². The first kappa shape index (κ1) is 24.3. The van der Waals surface area contributed by atoms with Crippen LogP contribution >= 0.6 is 11.3 Å². The smallest absolute Gasteiger partial charge is 0.344 e. The van der Waals surface area contributed by atoms with Gasteiger partial charge in [0.1, 0.15) is 9.96 Å². The van der Waals surface area contributed by atoms with Crippen LogP contribution in [0, 0.1) is 13.8 Å². The van der Waals surface area contributed by atoms with E-state index in [4.69, 9.17) is 9.47 Å². The second-order valence-electron chi connectivity index (χ2n) is 7.14. The molecule has 3 rings (SSSR count). The molecule has 0 saturated heterocycles. The molecule has 0 atom stereocenters. The monoisotopic (exact) mass is 488 g/mol. The van der Waals surface area contributed by atoms with Crippen molar-refractivity contribution in [3.63, 3.8) is 0 Å². The maximum absolute atomic E-state index is 12.6. The van der Waals surface area contributed by atoms with Crippen LogP contribution in [-0.2, 0) is 24.3 Å². The largest absolute Gasteiger partial charge is 0.482 e. The van der Waals surface area contributed by atoms with Gasteiger partial charge in [0.15, 0.2) is 13.2 Å². The van der Waals surface area contributed by atoms with Gasteiger partial charge < -0.3 is 14.8 Å². The molecule has 33 heavy (non-hydrogen) atoms. The molecule has 2 aromatic carbocycles. The van der Waals surface area contributed by atoms with Crippen LogP contribution in [-0.4, -0.2) is 40.6 Å². The van der Waals surface area contributed by atoms with Gasteiger partial charge in [-0.3, -0.25) is 9.10 Å². The number of sulfonamides is 1. The maximum atomic E-state index is 12.6. The lowest BCUT2D eigenvalue weighted by atomic mass is 10.1. The number of carbonyl (C=O) groups excluding carboxylic acids is 2. The lowest BCUT2D eigenvalue weighted by Crippen LogP contribution is -2.25. The van der Waals surface area contributed by atoms with Gasteiger partial charge >= 0.3 is 5.97 Å². The van der Waals surface area contributed by atoms with E-state index < -0.39 is 28.5 Å². The number of esters is 1. The van der Waals surface area contributed by atoms with Crippen molar-refractivity contribution < 1.29 is 27.5 Å². The van der Waals surface area contributed by atoms with E-state index in [1.54, 1.807) is 47.8 Å². The summed E-state index contributed by atoms with van der Waals surface area (Å²) in [5.74, 6) is -0.790. The highest BCUT2D eigenvalue weighted by molar-refractivity contribution is 7.94. The summed E-state index contributed by atoms with van der Waals surface area (Å²) in [5, 5.41) is 4.41. The third-order valence-corrected chi connectivity index (χ3v) is 8.07. The topological polar surface area (TPSA) is 102 Å². The van der Waals surface area contributed by atoms with Gasteiger partial charge in [-0.1, -0.05) is 18.2 Å². The Labute approximate surface area is 196 Å². The van der Waals surface area contributed by atoms with Crippen molar-refractivity contribution >= 4 is 44.6 Å². The Morgan fingerprint density at radius 1 is 1.00 bits per heavy atom. The zero-order valence-corrected chi connectivity index (χ0v) is 20.0. The standard InChI is InChI=1S/C23H24N2O6S2/c1-16-6-4-7-20(17(16)2)24-21(26)14-31-22(27)15-30-19-11-9-18(10-12-19)25(3)33(28,29)23-8-5-13-32-23/h4-13H,14-15H2,1-3H3,(H,24,26). The first-order valence-corrected chi connectivity index (χ1v) is 12.3. The number of rotatable bonds is 9.